The van der Waals surface area contributed by atoms with Crippen molar-refractivity contribution in [3.8, 4) is 0 Å². The van der Waals surface area contributed by atoms with Crippen LogP contribution in [0.25, 0.3) is 0 Å². The third-order valence-corrected chi connectivity index (χ3v) is 2.79. The molecule has 0 radical (unpaired) electrons. The van der Waals surface area contributed by atoms with Crippen molar-refractivity contribution >= 4 is 0 Å². The van der Waals surface area contributed by atoms with Crippen LogP contribution in [-0.4, -0.2) is 72.0 Å². The van der Waals surface area contributed by atoms with E-state index in [2.05, 4.69) is 30.6 Å². The quantitative estimate of drug-likeness (QED) is 0.572. The molecule has 1 atom stereocenters. The first-order valence-corrected chi connectivity index (χ1v) is 5.87. The highest BCUT2D eigenvalue weighted by Gasteiger charge is 2.13. The summed E-state index contributed by atoms with van der Waals surface area (Å²) < 4.78 is 0. The third-order valence-electron chi connectivity index (χ3n) is 2.79. The number of aliphatic hydroxyl groups is 2. The lowest BCUT2D eigenvalue weighted by Gasteiger charge is -2.31. The number of hydrogen-bond acceptors (Lipinski definition) is 4. The zero-order valence-electron chi connectivity index (χ0n) is 10.3. The highest BCUT2D eigenvalue weighted by molar-refractivity contribution is 4.70. The molecule has 0 saturated carbocycles. The Kier molecular flexibility index (Phi) is 9.00. The van der Waals surface area contributed by atoms with E-state index >= 15 is 0 Å². The third kappa shape index (κ3) is 6.10. The SMILES string of the molecule is CCN(CC)C(C)CN(CCO)CCO. The Morgan fingerprint density at radius 2 is 1.47 bits per heavy atom. The second-order valence-corrected chi connectivity index (χ2v) is 3.82. The van der Waals surface area contributed by atoms with Crippen molar-refractivity contribution in [1.82, 2.24) is 9.80 Å². The molecule has 0 aromatic heterocycles. The maximum absolute atomic E-state index is 8.89. The van der Waals surface area contributed by atoms with E-state index in [1.165, 1.54) is 0 Å². The summed E-state index contributed by atoms with van der Waals surface area (Å²) in [5, 5.41) is 17.8. The fraction of sp³-hybridized carbons (Fsp3) is 1.00. The van der Waals surface area contributed by atoms with E-state index < -0.39 is 0 Å². The van der Waals surface area contributed by atoms with Crippen LogP contribution in [-0.2, 0) is 0 Å². The highest BCUT2D eigenvalue weighted by Crippen LogP contribution is 2.01. The summed E-state index contributed by atoms with van der Waals surface area (Å²) in [6.45, 7) is 11.1. The maximum atomic E-state index is 8.89. The Labute approximate surface area is 93.5 Å². The minimum atomic E-state index is 0.158. The molecule has 0 aromatic carbocycles. The van der Waals surface area contributed by atoms with Gasteiger partial charge in [0, 0.05) is 25.7 Å². The molecule has 0 fully saturated rings. The second-order valence-electron chi connectivity index (χ2n) is 3.82. The number of nitrogens with zero attached hydrogens (tertiary/aromatic N) is 2. The van der Waals surface area contributed by atoms with Gasteiger partial charge in [-0.15, -0.1) is 0 Å². The monoisotopic (exact) mass is 218 g/mol. The Balaban J connectivity index is 4.01. The molecule has 0 bridgehead atoms. The standard InChI is InChI=1S/C11H26N2O2/c1-4-13(5-2)11(3)10-12(6-8-14)7-9-15/h11,14-15H,4-10H2,1-3H3. The normalized spacial score (nSPS) is 13.8. The van der Waals surface area contributed by atoms with E-state index in [9.17, 15) is 0 Å². The summed E-state index contributed by atoms with van der Waals surface area (Å²) in [7, 11) is 0. The number of hydrogen-bond donors (Lipinski definition) is 2. The molecule has 92 valence electrons. The molecule has 0 amide bonds. The lowest BCUT2D eigenvalue weighted by molar-refractivity contribution is 0.118. The van der Waals surface area contributed by atoms with Crippen LogP contribution in [0.15, 0.2) is 0 Å². The zero-order valence-corrected chi connectivity index (χ0v) is 10.3. The van der Waals surface area contributed by atoms with Gasteiger partial charge >= 0.3 is 0 Å². The van der Waals surface area contributed by atoms with Gasteiger partial charge in [-0.25, -0.2) is 0 Å². The Morgan fingerprint density at radius 3 is 1.80 bits per heavy atom. The van der Waals surface area contributed by atoms with Crippen molar-refractivity contribution in [2.45, 2.75) is 26.8 Å². The minimum absolute atomic E-state index is 0.158. The van der Waals surface area contributed by atoms with Crippen LogP contribution >= 0.6 is 0 Å². The van der Waals surface area contributed by atoms with Crippen LogP contribution in [0.3, 0.4) is 0 Å². The maximum Gasteiger partial charge on any atom is 0.0558 e. The van der Waals surface area contributed by atoms with Crippen LogP contribution in [0.4, 0.5) is 0 Å². The number of rotatable bonds is 9. The second kappa shape index (κ2) is 9.09. The molecule has 15 heavy (non-hydrogen) atoms. The first kappa shape index (κ1) is 14.8. The molecule has 1 unspecified atom stereocenters. The van der Waals surface area contributed by atoms with Gasteiger partial charge in [-0.3, -0.25) is 9.80 Å². The van der Waals surface area contributed by atoms with Gasteiger partial charge in [0.25, 0.3) is 0 Å². The average Bonchev–Trinajstić information content (AvgIpc) is 2.20. The molecule has 0 aromatic rings. The molecule has 4 nitrogen and oxygen atoms in total. The lowest BCUT2D eigenvalue weighted by atomic mass is 10.2. The van der Waals surface area contributed by atoms with Crippen LogP contribution < -0.4 is 0 Å². The van der Waals surface area contributed by atoms with Gasteiger partial charge in [0.1, 0.15) is 0 Å². The molecule has 0 aliphatic heterocycles. The number of likely N-dealkylation sites (N-methyl/N-ethyl adjacent to an activating group) is 1. The van der Waals surface area contributed by atoms with Gasteiger partial charge in [-0.05, 0) is 20.0 Å². The molecule has 2 N–H and O–H groups in total. The Bertz CT molecular complexity index is 135. The molecular formula is C11H26N2O2. The summed E-state index contributed by atoms with van der Waals surface area (Å²) >= 11 is 0. The predicted molar refractivity (Wildman–Crippen MR) is 63.0 cm³/mol. The number of aliphatic hydroxyl groups excluding tert-OH is 2. The lowest BCUT2D eigenvalue weighted by Crippen LogP contribution is -2.43. The molecule has 0 heterocycles. The van der Waals surface area contributed by atoms with Crippen molar-refractivity contribution in [2.24, 2.45) is 0 Å². The van der Waals surface area contributed by atoms with E-state index in [0.29, 0.717) is 19.1 Å². The first-order chi connectivity index (χ1) is 7.19. The summed E-state index contributed by atoms with van der Waals surface area (Å²) in [6.07, 6.45) is 0. The molecule has 0 rings (SSSR count). The van der Waals surface area contributed by atoms with E-state index in [4.69, 9.17) is 10.2 Å². The fourth-order valence-corrected chi connectivity index (χ4v) is 1.91. The topological polar surface area (TPSA) is 46.9 Å². The summed E-state index contributed by atoms with van der Waals surface area (Å²) in [4.78, 5) is 4.48. The van der Waals surface area contributed by atoms with Gasteiger partial charge in [0.05, 0.1) is 13.2 Å². The summed E-state index contributed by atoms with van der Waals surface area (Å²) in [6, 6.07) is 0.470. The van der Waals surface area contributed by atoms with Crippen LogP contribution in [0, 0.1) is 0 Å². The van der Waals surface area contributed by atoms with Crippen LogP contribution in [0.2, 0.25) is 0 Å². The molecule has 0 saturated heterocycles. The van der Waals surface area contributed by atoms with E-state index in [-0.39, 0.29) is 13.2 Å². The van der Waals surface area contributed by atoms with Gasteiger partial charge < -0.3 is 10.2 Å². The Hall–Kier alpha value is -0.160. The summed E-state index contributed by atoms with van der Waals surface area (Å²) in [5.74, 6) is 0. The van der Waals surface area contributed by atoms with Crippen LogP contribution in [0.5, 0.6) is 0 Å². The fourth-order valence-electron chi connectivity index (χ4n) is 1.91. The molecular weight excluding hydrogens is 192 g/mol. The molecule has 4 heteroatoms. The van der Waals surface area contributed by atoms with Gasteiger partial charge in [0.15, 0.2) is 0 Å². The van der Waals surface area contributed by atoms with Crippen molar-refractivity contribution in [3.63, 3.8) is 0 Å². The first-order valence-electron chi connectivity index (χ1n) is 5.87. The zero-order chi connectivity index (χ0) is 11.7. The Morgan fingerprint density at radius 1 is 1.00 bits per heavy atom. The summed E-state index contributed by atoms with van der Waals surface area (Å²) in [5.41, 5.74) is 0. The molecule has 0 aliphatic rings. The van der Waals surface area contributed by atoms with E-state index in [0.717, 1.165) is 19.6 Å². The smallest absolute Gasteiger partial charge is 0.0558 e. The van der Waals surface area contributed by atoms with Gasteiger partial charge in [-0.2, -0.15) is 0 Å². The van der Waals surface area contributed by atoms with E-state index in [1.807, 2.05) is 0 Å². The minimum Gasteiger partial charge on any atom is -0.395 e. The van der Waals surface area contributed by atoms with Crippen LogP contribution in [0.1, 0.15) is 20.8 Å². The van der Waals surface area contributed by atoms with E-state index in [1.54, 1.807) is 0 Å². The van der Waals surface area contributed by atoms with Crippen molar-refractivity contribution in [2.75, 3.05) is 45.9 Å². The molecule has 0 spiro atoms. The van der Waals surface area contributed by atoms with Crippen molar-refractivity contribution < 1.29 is 10.2 Å². The van der Waals surface area contributed by atoms with Gasteiger partial charge in [0.2, 0.25) is 0 Å². The highest BCUT2D eigenvalue weighted by atomic mass is 16.3. The largest absolute Gasteiger partial charge is 0.395 e. The van der Waals surface area contributed by atoms with Crippen molar-refractivity contribution in [3.05, 3.63) is 0 Å². The van der Waals surface area contributed by atoms with Gasteiger partial charge in [-0.1, -0.05) is 13.8 Å². The molecule has 0 aliphatic carbocycles. The van der Waals surface area contributed by atoms with Crippen molar-refractivity contribution in [1.29, 1.82) is 0 Å². The average molecular weight is 218 g/mol. The predicted octanol–water partition coefficient (Wildman–Crippen LogP) is 0.00330.